The maximum atomic E-state index is 11.3. The number of nitrogens with zero attached hydrogens (tertiary/aromatic N) is 1. The topological polar surface area (TPSA) is 29.5 Å². The summed E-state index contributed by atoms with van der Waals surface area (Å²) in [5.74, 6) is 1.99. The molecule has 0 radical (unpaired) electrons. The van der Waals surface area contributed by atoms with Crippen molar-refractivity contribution in [3.8, 4) is 0 Å². The van der Waals surface area contributed by atoms with Crippen LogP contribution in [0, 0.1) is 0 Å². The summed E-state index contributed by atoms with van der Waals surface area (Å²) in [6.45, 7) is 3.43. The highest BCUT2D eigenvalue weighted by atomic mass is 80.0. The van der Waals surface area contributed by atoms with Gasteiger partial charge in [-0.05, 0) is 47.8 Å². The van der Waals surface area contributed by atoms with Gasteiger partial charge in [-0.25, -0.2) is 4.79 Å². The Hall–Kier alpha value is 1.22. The predicted octanol–water partition coefficient (Wildman–Crippen LogP) is 2.42. The molecule has 0 atom stereocenters. The molecule has 0 bridgehead atoms. The van der Waals surface area contributed by atoms with Crippen molar-refractivity contribution in [3.63, 3.8) is 0 Å². The first-order valence-electron chi connectivity index (χ1n) is 4.54. The number of carbonyl (C=O) groups is 1. The van der Waals surface area contributed by atoms with E-state index >= 15 is 0 Å². The molecule has 1 fully saturated rings. The molecule has 1 heterocycles. The maximum absolute atomic E-state index is 11.3. The third kappa shape index (κ3) is 5.91. The summed E-state index contributed by atoms with van der Waals surface area (Å²) in [5.41, 5.74) is 0. The summed E-state index contributed by atoms with van der Waals surface area (Å²) in [6.07, 6.45) is 0. The first kappa shape index (κ1) is 14.3. The Morgan fingerprint density at radius 3 is 2.47 bits per heavy atom. The molecule has 0 amide bonds. The van der Waals surface area contributed by atoms with Crippen molar-refractivity contribution < 1.29 is 9.53 Å². The van der Waals surface area contributed by atoms with Crippen molar-refractivity contribution in [1.29, 1.82) is 0 Å². The second kappa shape index (κ2) is 6.83. The second-order valence-corrected chi connectivity index (χ2v) is 11.1. The minimum atomic E-state index is -0.940. The largest absolute Gasteiger partial charge is 0.462 e. The molecule has 1 aliphatic rings. The Labute approximate surface area is 119 Å². The normalized spacial score (nSPS) is 18.9. The van der Waals surface area contributed by atoms with E-state index in [1.54, 1.807) is 0 Å². The molecule has 3 nitrogen and oxygen atoms in total. The lowest BCUT2D eigenvalue weighted by Crippen LogP contribution is -2.36. The maximum Gasteiger partial charge on any atom is 0.344 e. The fraction of sp³-hybridized carbons (Fsp3) is 0.875. The number of halogens is 3. The van der Waals surface area contributed by atoms with Crippen LogP contribution in [0.2, 0.25) is 0 Å². The Morgan fingerprint density at radius 2 is 1.93 bits per heavy atom. The van der Waals surface area contributed by atoms with Crippen LogP contribution >= 0.6 is 59.6 Å². The molecule has 0 spiro atoms. The highest BCUT2D eigenvalue weighted by Gasteiger charge is 2.30. The molecular formula is C8H12Br3NO2S. The van der Waals surface area contributed by atoms with E-state index in [-0.39, 0.29) is 5.97 Å². The number of thioether (sulfide) groups is 1. The molecule has 88 valence electrons. The van der Waals surface area contributed by atoms with Gasteiger partial charge in [0.05, 0.1) is 0 Å². The Morgan fingerprint density at radius 1 is 1.33 bits per heavy atom. The smallest absolute Gasteiger partial charge is 0.344 e. The van der Waals surface area contributed by atoms with Gasteiger partial charge in [0.1, 0.15) is 6.61 Å². The summed E-state index contributed by atoms with van der Waals surface area (Å²) >= 11 is 11.3. The zero-order valence-corrected chi connectivity index (χ0v) is 13.6. The number of hydrogen-bond donors (Lipinski definition) is 0. The van der Waals surface area contributed by atoms with Gasteiger partial charge in [-0.2, -0.15) is 11.8 Å². The van der Waals surface area contributed by atoms with Crippen LogP contribution < -0.4 is 0 Å². The van der Waals surface area contributed by atoms with Crippen molar-refractivity contribution in [2.24, 2.45) is 0 Å². The summed E-state index contributed by atoms with van der Waals surface area (Å²) in [4.78, 5) is 13.6. The average Bonchev–Trinajstić information content (AvgIpc) is 2.18. The van der Waals surface area contributed by atoms with Crippen LogP contribution in [0.1, 0.15) is 0 Å². The van der Waals surface area contributed by atoms with Gasteiger partial charge in [0, 0.05) is 31.1 Å². The SMILES string of the molecule is O=C(OCCN1CCSCC1)C(Br)(Br)Br. The lowest BCUT2D eigenvalue weighted by molar-refractivity contribution is -0.141. The molecule has 1 saturated heterocycles. The van der Waals surface area contributed by atoms with E-state index in [9.17, 15) is 4.79 Å². The van der Waals surface area contributed by atoms with E-state index < -0.39 is 2.14 Å². The van der Waals surface area contributed by atoms with Gasteiger partial charge in [-0.15, -0.1) is 0 Å². The van der Waals surface area contributed by atoms with Gasteiger partial charge in [0.25, 0.3) is 0 Å². The van der Waals surface area contributed by atoms with Crippen molar-refractivity contribution in [2.75, 3.05) is 37.7 Å². The van der Waals surface area contributed by atoms with E-state index in [1.165, 1.54) is 11.5 Å². The third-order valence-corrected chi connectivity index (χ3v) is 3.89. The molecule has 7 heteroatoms. The Balaban J connectivity index is 2.12. The minimum absolute atomic E-state index is 0.353. The lowest BCUT2D eigenvalue weighted by atomic mass is 10.5. The molecule has 0 N–H and O–H groups in total. The van der Waals surface area contributed by atoms with Crippen LogP contribution in [0.3, 0.4) is 0 Å². The Kier molecular flexibility index (Phi) is 6.51. The molecule has 0 aromatic carbocycles. The third-order valence-electron chi connectivity index (χ3n) is 1.98. The summed E-state index contributed by atoms with van der Waals surface area (Å²) in [6, 6.07) is 0. The zero-order chi connectivity index (χ0) is 11.3. The fourth-order valence-corrected chi connectivity index (χ4v) is 2.50. The number of esters is 1. The summed E-state index contributed by atoms with van der Waals surface area (Å²) in [7, 11) is 0. The van der Waals surface area contributed by atoms with Crippen molar-refractivity contribution in [1.82, 2.24) is 4.90 Å². The van der Waals surface area contributed by atoms with Crippen molar-refractivity contribution in [3.05, 3.63) is 0 Å². The highest BCUT2D eigenvalue weighted by molar-refractivity contribution is 9.40. The molecule has 0 aromatic heterocycles. The average molecular weight is 426 g/mol. The quantitative estimate of drug-likeness (QED) is 0.513. The van der Waals surface area contributed by atoms with Crippen LogP contribution in [0.15, 0.2) is 0 Å². The van der Waals surface area contributed by atoms with Gasteiger partial charge in [-0.3, -0.25) is 4.90 Å². The number of ether oxygens (including phenoxy) is 1. The van der Waals surface area contributed by atoms with Gasteiger partial charge in [0.15, 0.2) is 0 Å². The minimum Gasteiger partial charge on any atom is -0.462 e. The zero-order valence-electron chi connectivity index (χ0n) is 8.05. The number of alkyl halides is 3. The van der Waals surface area contributed by atoms with Crippen LogP contribution in [-0.4, -0.2) is 50.8 Å². The molecule has 0 unspecified atom stereocenters. The first-order valence-corrected chi connectivity index (χ1v) is 8.07. The van der Waals surface area contributed by atoms with Crippen LogP contribution in [0.5, 0.6) is 0 Å². The van der Waals surface area contributed by atoms with Crippen LogP contribution in [0.25, 0.3) is 0 Å². The molecule has 0 saturated carbocycles. The predicted molar refractivity (Wildman–Crippen MR) is 74.2 cm³/mol. The monoisotopic (exact) mass is 423 g/mol. The molecule has 1 rings (SSSR count). The molecule has 0 aliphatic carbocycles. The standard InChI is InChI=1S/C8H12Br3NO2S/c9-8(10,11)7(13)14-4-1-12-2-5-15-6-3-12/h1-6H2. The molecule has 1 aliphatic heterocycles. The lowest BCUT2D eigenvalue weighted by Gasteiger charge is -2.25. The molecule has 15 heavy (non-hydrogen) atoms. The molecule has 0 aromatic rings. The van der Waals surface area contributed by atoms with Gasteiger partial charge in [0.2, 0.25) is 2.14 Å². The van der Waals surface area contributed by atoms with Crippen LogP contribution in [-0.2, 0) is 9.53 Å². The summed E-state index contributed by atoms with van der Waals surface area (Å²) < 4.78 is 4.14. The molecular weight excluding hydrogens is 414 g/mol. The van der Waals surface area contributed by atoms with E-state index in [4.69, 9.17) is 4.74 Å². The Bertz CT molecular complexity index is 216. The van der Waals surface area contributed by atoms with Crippen molar-refractivity contribution in [2.45, 2.75) is 2.14 Å². The number of hydrogen-bond acceptors (Lipinski definition) is 4. The van der Waals surface area contributed by atoms with E-state index in [1.807, 2.05) is 11.8 Å². The van der Waals surface area contributed by atoms with Crippen LogP contribution in [0.4, 0.5) is 0 Å². The second-order valence-electron chi connectivity index (χ2n) is 3.09. The van der Waals surface area contributed by atoms with Gasteiger partial charge in [-0.1, -0.05) is 0 Å². The van der Waals surface area contributed by atoms with E-state index in [0.717, 1.165) is 19.6 Å². The fourth-order valence-electron chi connectivity index (χ4n) is 1.17. The van der Waals surface area contributed by atoms with Gasteiger partial charge >= 0.3 is 5.97 Å². The van der Waals surface area contributed by atoms with E-state index in [0.29, 0.717) is 6.61 Å². The number of carbonyl (C=O) groups excluding carboxylic acids is 1. The van der Waals surface area contributed by atoms with Crippen molar-refractivity contribution >= 4 is 65.5 Å². The number of rotatable bonds is 3. The van der Waals surface area contributed by atoms with E-state index in [2.05, 4.69) is 52.7 Å². The summed E-state index contributed by atoms with van der Waals surface area (Å²) in [5, 5.41) is 0. The van der Waals surface area contributed by atoms with Gasteiger partial charge < -0.3 is 4.74 Å². The first-order chi connectivity index (χ1) is 7.00. The highest BCUT2D eigenvalue weighted by Crippen LogP contribution is 2.34.